The van der Waals surface area contributed by atoms with Crippen LogP contribution in [-0.4, -0.2) is 56.7 Å². The second-order valence-electron chi connectivity index (χ2n) is 9.94. The van der Waals surface area contributed by atoms with Crippen LogP contribution in [0.1, 0.15) is 49.7 Å². The normalized spacial score (nSPS) is 14.8. The van der Waals surface area contributed by atoms with Crippen LogP contribution in [0.5, 0.6) is 0 Å². The highest BCUT2D eigenvalue weighted by molar-refractivity contribution is 5.91. The minimum atomic E-state index is -0.309. The number of benzene rings is 2. The lowest BCUT2D eigenvalue weighted by Gasteiger charge is -2.36. The fourth-order valence-electron chi connectivity index (χ4n) is 5.01. The summed E-state index contributed by atoms with van der Waals surface area (Å²) < 4.78 is 28.6. The fourth-order valence-corrected chi connectivity index (χ4v) is 5.01. The van der Waals surface area contributed by atoms with E-state index in [4.69, 9.17) is 15.1 Å². The molecule has 5 rings (SSSR count). The van der Waals surface area contributed by atoms with Crippen molar-refractivity contribution in [1.29, 1.82) is 0 Å². The van der Waals surface area contributed by atoms with Gasteiger partial charge in [-0.2, -0.15) is 5.10 Å². The molecule has 1 aliphatic heterocycles. The Bertz CT molecular complexity index is 1430. The van der Waals surface area contributed by atoms with E-state index in [1.807, 2.05) is 11.8 Å². The first-order valence-electron chi connectivity index (χ1n) is 13.1. The molecule has 9 heteroatoms. The maximum Gasteiger partial charge on any atom is 0.227 e. The second-order valence-corrected chi connectivity index (χ2v) is 9.94. The highest BCUT2D eigenvalue weighted by Gasteiger charge is 2.27. The Labute approximate surface area is 221 Å². The Morgan fingerprint density at radius 2 is 1.58 bits per heavy atom. The van der Waals surface area contributed by atoms with Crippen molar-refractivity contribution in [2.45, 2.75) is 46.0 Å². The number of anilines is 1. The van der Waals surface area contributed by atoms with Crippen LogP contribution in [0.4, 0.5) is 14.6 Å². The molecular weight excluding hydrogens is 486 g/mol. The van der Waals surface area contributed by atoms with Gasteiger partial charge in [-0.1, -0.05) is 32.4 Å². The molecule has 4 aromatic rings. The Balaban J connectivity index is 1.44. The lowest BCUT2D eigenvalue weighted by atomic mass is 10.1. The Kier molecular flexibility index (Phi) is 7.35. The van der Waals surface area contributed by atoms with Crippen LogP contribution in [0.3, 0.4) is 0 Å². The number of halogens is 2. The molecule has 0 spiro atoms. The Hall–Kier alpha value is -3.88. The molecule has 1 amide bonds. The number of hydrogen-bond donors (Lipinski definition) is 0. The summed E-state index contributed by atoms with van der Waals surface area (Å²) in [6.45, 7) is 8.60. The van der Waals surface area contributed by atoms with Crippen molar-refractivity contribution in [3.8, 4) is 5.69 Å². The van der Waals surface area contributed by atoms with Gasteiger partial charge in [-0.15, -0.1) is 0 Å². The summed E-state index contributed by atoms with van der Waals surface area (Å²) in [5.74, 6) is 1.16. The van der Waals surface area contributed by atoms with Crippen LogP contribution in [-0.2, 0) is 11.2 Å². The number of piperazine rings is 1. The highest BCUT2D eigenvalue weighted by Crippen LogP contribution is 2.32. The molecule has 1 aliphatic rings. The quantitative estimate of drug-likeness (QED) is 0.337. The summed E-state index contributed by atoms with van der Waals surface area (Å²) in [5.41, 5.74) is 3.03. The molecule has 198 valence electrons. The minimum Gasteiger partial charge on any atom is -0.352 e. The second kappa shape index (κ2) is 10.8. The van der Waals surface area contributed by atoms with Crippen molar-refractivity contribution in [3.63, 3.8) is 0 Å². The van der Waals surface area contributed by atoms with Gasteiger partial charge in [0.25, 0.3) is 0 Å². The lowest BCUT2D eigenvalue weighted by Crippen LogP contribution is -2.49. The zero-order valence-corrected chi connectivity index (χ0v) is 22.0. The summed E-state index contributed by atoms with van der Waals surface area (Å²) in [4.78, 5) is 26.9. The zero-order chi connectivity index (χ0) is 26.8. The van der Waals surface area contributed by atoms with Crippen LogP contribution in [0.25, 0.3) is 16.7 Å². The topological polar surface area (TPSA) is 67.2 Å². The van der Waals surface area contributed by atoms with Gasteiger partial charge in [-0.25, -0.2) is 23.4 Å². The molecule has 0 aliphatic carbocycles. The number of aromatic nitrogens is 4. The maximum absolute atomic E-state index is 13.6. The number of rotatable bonds is 7. The maximum atomic E-state index is 13.6. The first kappa shape index (κ1) is 25.8. The number of fused-ring (bicyclic) bond motifs is 1. The third-order valence-electron chi connectivity index (χ3n) is 7.13. The summed E-state index contributed by atoms with van der Waals surface area (Å²) in [6.07, 6.45) is 2.23. The van der Waals surface area contributed by atoms with Crippen LogP contribution in [0.2, 0.25) is 0 Å². The van der Waals surface area contributed by atoms with Gasteiger partial charge in [0.15, 0.2) is 5.65 Å². The molecule has 1 unspecified atom stereocenters. The van der Waals surface area contributed by atoms with E-state index in [-0.39, 0.29) is 29.9 Å². The van der Waals surface area contributed by atoms with Gasteiger partial charge in [0, 0.05) is 32.1 Å². The number of amides is 1. The third kappa shape index (κ3) is 5.23. The summed E-state index contributed by atoms with van der Waals surface area (Å²) in [7, 11) is 0. The molecule has 2 aromatic heterocycles. The van der Waals surface area contributed by atoms with Crippen molar-refractivity contribution in [3.05, 3.63) is 77.2 Å². The van der Waals surface area contributed by atoms with Gasteiger partial charge >= 0.3 is 0 Å². The van der Waals surface area contributed by atoms with Crippen LogP contribution >= 0.6 is 0 Å². The first-order chi connectivity index (χ1) is 18.3. The van der Waals surface area contributed by atoms with Crippen LogP contribution in [0, 0.1) is 18.6 Å². The highest BCUT2D eigenvalue weighted by atomic mass is 19.1. The lowest BCUT2D eigenvalue weighted by molar-refractivity contribution is -0.130. The molecule has 38 heavy (non-hydrogen) atoms. The average molecular weight is 519 g/mol. The fraction of sp³-hybridized carbons (Fsp3) is 0.379. The van der Waals surface area contributed by atoms with E-state index in [0.717, 1.165) is 46.8 Å². The standard InChI is InChI=1S/C29H32F2N6O/c1-4-5-19(2)27-32-28(26-20(3)34-37(29(26)33-27)24-12-10-23(31)11-13-24)36-16-14-35(15-17-36)25(38)18-21-6-8-22(30)9-7-21/h6-13,19H,4-5,14-18H2,1-3H3. The molecule has 0 N–H and O–H groups in total. The molecule has 0 saturated carbocycles. The Morgan fingerprint density at radius 1 is 0.947 bits per heavy atom. The summed E-state index contributed by atoms with van der Waals surface area (Å²) in [5, 5.41) is 5.63. The molecule has 3 heterocycles. The monoisotopic (exact) mass is 518 g/mol. The molecule has 1 fully saturated rings. The van der Waals surface area contributed by atoms with Crippen molar-refractivity contribution < 1.29 is 13.6 Å². The van der Waals surface area contributed by atoms with Crippen LogP contribution in [0.15, 0.2) is 48.5 Å². The van der Waals surface area contributed by atoms with Gasteiger partial charge in [-0.05, 0) is 55.3 Å². The summed E-state index contributed by atoms with van der Waals surface area (Å²) >= 11 is 0. The van der Waals surface area contributed by atoms with Crippen molar-refractivity contribution in [2.75, 3.05) is 31.1 Å². The van der Waals surface area contributed by atoms with Gasteiger partial charge in [-0.3, -0.25) is 4.79 Å². The van der Waals surface area contributed by atoms with Gasteiger partial charge in [0.05, 0.1) is 23.2 Å². The summed E-state index contributed by atoms with van der Waals surface area (Å²) in [6, 6.07) is 12.3. The number of hydrogen-bond acceptors (Lipinski definition) is 5. The van der Waals surface area contributed by atoms with E-state index in [2.05, 4.69) is 18.7 Å². The largest absolute Gasteiger partial charge is 0.352 e. The third-order valence-corrected chi connectivity index (χ3v) is 7.13. The molecule has 0 radical (unpaired) electrons. The van der Waals surface area contributed by atoms with E-state index in [1.54, 1.807) is 28.9 Å². The van der Waals surface area contributed by atoms with Gasteiger partial charge in [0.2, 0.25) is 5.91 Å². The van der Waals surface area contributed by atoms with E-state index < -0.39 is 0 Å². The number of aryl methyl sites for hydroxylation is 1. The number of carbonyl (C=O) groups is 1. The van der Waals surface area contributed by atoms with Crippen LogP contribution < -0.4 is 4.90 Å². The van der Waals surface area contributed by atoms with Crippen molar-refractivity contribution in [2.24, 2.45) is 0 Å². The van der Waals surface area contributed by atoms with E-state index in [9.17, 15) is 13.6 Å². The number of carbonyl (C=O) groups excluding carboxylic acids is 1. The molecule has 0 bridgehead atoms. The van der Waals surface area contributed by atoms with E-state index >= 15 is 0 Å². The van der Waals surface area contributed by atoms with Crippen molar-refractivity contribution >= 4 is 22.8 Å². The predicted octanol–water partition coefficient (Wildman–Crippen LogP) is 5.20. The van der Waals surface area contributed by atoms with Crippen molar-refractivity contribution in [1.82, 2.24) is 24.6 Å². The smallest absolute Gasteiger partial charge is 0.227 e. The minimum absolute atomic E-state index is 0.0293. The molecule has 2 aromatic carbocycles. The molecule has 1 saturated heterocycles. The Morgan fingerprint density at radius 3 is 2.21 bits per heavy atom. The van der Waals surface area contributed by atoms with Gasteiger partial charge in [0.1, 0.15) is 23.3 Å². The van der Waals surface area contributed by atoms with E-state index in [0.29, 0.717) is 31.8 Å². The molecular formula is C29H32F2N6O. The zero-order valence-electron chi connectivity index (χ0n) is 22.0. The molecule has 7 nitrogen and oxygen atoms in total. The first-order valence-corrected chi connectivity index (χ1v) is 13.1. The SMILES string of the molecule is CCCC(C)c1nc(N2CCN(C(=O)Cc3ccc(F)cc3)CC2)c2c(C)nn(-c3ccc(F)cc3)c2n1. The number of nitrogens with zero attached hydrogens (tertiary/aromatic N) is 6. The van der Waals surface area contributed by atoms with E-state index in [1.165, 1.54) is 24.3 Å². The average Bonchev–Trinajstić information content (AvgIpc) is 3.26. The molecule has 1 atom stereocenters. The predicted molar refractivity (Wildman–Crippen MR) is 144 cm³/mol. The van der Waals surface area contributed by atoms with Gasteiger partial charge < -0.3 is 9.80 Å².